The van der Waals surface area contributed by atoms with E-state index in [1.165, 1.54) is 13.8 Å². The molecule has 0 radical (unpaired) electrons. The summed E-state index contributed by atoms with van der Waals surface area (Å²) in [6.07, 6.45) is 11.6. The Morgan fingerprint density at radius 1 is 0.421 bits per heavy atom. The van der Waals surface area contributed by atoms with E-state index in [0.717, 1.165) is 77.0 Å². The molecule has 0 bridgehead atoms. The fourth-order valence-corrected chi connectivity index (χ4v) is 3.78. The average Bonchev–Trinajstić information content (AvgIpc) is 3.15. The van der Waals surface area contributed by atoms with E-state index in [1.54, 1.807) is 0 Å². The molecule has 0 aromatic rings. The summed E-state index contributed by atoms with van der Waals surface area (Å²) in [5.41, 5.74) is -1.89. The van der Waals surface area contributed by atoms with Gasteiger partial charge in [0.1, 0.15) is 13.2 Å². The Hall–Kier alpha value is -3.17. The van der Waals surface area contributed by atoms with Crippen molar-refractivity contribution >= 4 is 58.9 Å². The van der Waals surface area contributed by atoms with Gasteiger partial charge in [-0.15, -0.1) is 0 Å². The summed E-state index contributed by atoms with van der Waals surface area (Å²) in [6.45, 7) is 6.52. The molecule has 18 nitrogen and oxygen atoms in total. The second-order valence-corrected chi connectivity index (χ2v) is 13.5. The molecule has 332 valence electrons. The van der Waals surface area contributed by atoms with Gasteiger partial charge in [0, 0.05) is 36.8 Å². The molecule has 19 heteroatoms. The fraction of sp³-hybridized carbons (Fsp3) is 0.737. The van der Waals surface area contributed by atoms with E-state index in [0.29, 0.717) is 0 Å². The van der Waals surface area contributed by atoms with Crippen LogP contribution >= 0.6 is 0 Å². The molecule has 0 fully saturated rings. The number of carbonyl (C=O) groups excluding carboxylic acids is 2. The molecule has 0 saturated heterocycles. The van der Waals surface area contributed by atoms with Gasteiger partial charge >= 0.3 is 58.9 Å². The van der Waals surface area contributed by atoms with Crippen molar-refractivity contribution in [2.45, 2.75) is 117 Å². The summed E-state index contributed by atoms with van der Waals surface area (Å²) >= 11 is 0. The molecule has 0 unspecified atom stereocenters. The van der Waals surface area contributed by atoms with E-state index >= 15 is 0 Å². The van der Waals surface area contributed by atoms with Crippen LogP contribution in [0.15, 0.2) is 24.3 Å². The van der Waals surface area contributed by atoms with E-state index in [4.69, 9.17) is 60.5 Å². The van der Waals surface area contributed by atoms with Gasteiger partial charge in [-0.2, -0.15) is 0 Å². The molecule has 0 spiro atoms. The number of carboxylic acids is 4. The van der Waals surface area contributed by atoms with Crippen LogP contribution in [0.5, 0.6) is 0 Å². The third-order valence-electron chi connectivity index (χ3n) is 7.79. The van der Waals surface area contributed by atoms with Crippen molar-refractivity contribution in [2.75, 3.05) is 52.9 Å². The van der Waals surface area contributed by atoms with Gasteiger partial charge in [-0.3, -0.25) is 19.2 Å². The number of unbranched alkanes of at least 4 members (excludes halogenated alkanes) is 10. The third-order valence-corrected chi connectivity index (χ3v) is 7.79. The number of rotatable bonds is 30. The molecule has 0 aliphatic rings. The Kier molecular flexibility index (Phi) is 45.3. The first-order valence-corrected chi connectivity index (χ1v) is 18.5. The summed E-state index contributed by atoms with van der Waals surface area (Å²) in [7, 11) is 0. The second-order valence-electron chi connectivity index (χ2n) is 13.5. The zero-order valence-electron chi connectivity index (χ0n) is 35.8. The normalized spacial score (nSPS) is 10.4. The van der Waals surface area contributed by atoms with Crippen LogP contribution in [0.3, 0.4) is 0 Å². The Morgan fingerprint density at radius 3 is 0.737 bits per heavy atom. The standard InChI is InChI=1S/2C10H18O4.2C9H16O5.Mg.2H/c2*11-9(12)7-5-3-1-2-4-6-8-10(13)14;2*1-7(2)8(13)14-6-9(3-10,4-11)5-12;;;/h2*1-8H2,(H,11,12)(H,13,14);2*10-12H,1,3-6H2,2H3;;;/q;;;;+2;2*-1. The molecular weight excluding hydrogens is 769 g/mol. The van der Waals surface area contributed by atoms with Crippen LogP contribution in [0.1, 0.15) is 119 Å². The van der Waals surface area contributed by atoms with Crippen LogP contribution in [0.2, 0.25) is 0 Å². The fourth-order valence-electron chi connectivity index (χ4n) is 3.78. The van der Waals surface area contributed by atoms with Gasteiger partial charge in [0.05, 0.1) is 50.5 Å². The van der Waals surface area contributed by atoms with Crippen molar-refractivity contribution in [1.82, 2.24) is 0 Å². The molecule has 0 aliphatic heterocycles. The van der Waals surface area contributed by atoms with Crippen LogP contribution in [0, 0.1) is 10.8 Å². The maximum Gasteiger partial charge on any atom is 2.00 e. The van der Waals surface area contributed by atoms with Crippen molar-refractivity contribution in [2.24, 2.45) is 10.8 Å². The number of aliphatic hydroxyl groups is 6. The smallest absolute Gasteiger partial charge is 1.00 e. The van der Waals surface area contributed by atoms with Crippen LogP contribution in [0.4, 0.5) is 0 Å². The van der Waals surface area contributed by atoms with Crippen molar-refractivity contribution in [3.63, 3.8) is 0 Å². The molecule has 10 N–H and O–H groups in total. The summed E-state index contributed by atoms with van der Waals surface area (Å²) < 4.78 is 9.45. The van der Waals surface area contributed by atoms with Crippen LogP contribution in [-0.4, -0.2) is 163 Å². The number of esters is 2. The minimum absolute atomic E-state index is 0. The molecule has 57 heavy (non-hydrogen) atoms. The maximum absolute atomic E-state index is 11.0. The molecule has 0 heterocycles. The number of carbonyl (C=O) groups is 6. The van der Waals surface area contributed by atoms with Gasteiger partial charge in [0.15, 0.2) is 0 Å². The first-order chi connectivity index (χ1) is 26.3. The Labute approximate surface area is 354 Å². The summed E-state index contributed by atoms with van der Waals surface area (Å²) in [6, 6.07) is 0. The van der Waals surface area contributed by atoms with E-state index < -0.39 is 86.3 Å². The molecule has 0 aromatic heterocycles. The summed E-state index contributed by atoms with van der Waals surface area (Å²) in [5, 5.41) is 86.8. The predicted octanol–water partition coefficient (Wildman–Crippen LogP) is 2.54. The zero-order chi connectivity index (χ0) is 44.0. The topological polar surface area (TPSA) is 323 Å². The van der Waals surface area contributed by atoms with Crippen molar-refractivity contribution in [1.29, 1.82) is 0 Å². The van der Waals surface area contributed by atoms with Gasteiger partial charge in [0.25, 0.3) is 0 Å². The SMILES string of the molecule is C=C(C)C(=O)OCC(CO)(CO)CO.C=C(C)C(=O)OCC(CO)(CO)CO.O=C(O)CCCCCCCCC(=O)O.O=C(O)CCCCCCCCC(=O)O.[H-].[H-].[Mg+2]. The van der Waals surface area contributed by atoms with Gasteiger partial charge in [-0.05, 0) is 39.5 Å². The van der Waals surface area contributed by atoms with Crippen LogP contribution in [0.25, 0.3) is 0 Å². The number of ether oxygens (including phenoxy) is 2. The summed E-state index contributed by atoms with van der Waals surface area (Å²) in [4.78, 5) is 62.5. The Morgan fingerprint density at radius 2 is 0.596 bits per heavy atom. The van der Waals surface area contributed by atoms with Crippen molar-refractivity contribution < 1.29 is 92.2 Å². The molecule has 0 amide bonds. The monoisotopic (exact) mass is 838 g/mol. The minimum Gasteiger partial charge on any atom is -1.00 e. The first kappa shape index (κ1) is 63.0. The number of aliphatic carboxylic acids is 4. The first-order valence-electron chi connectivity index (χ1n) is 18.5. The minimum atomic E-state index is -1.18. The average molecular weight is 839 g/mol. The number of hydrogen-bond acceptors (Lipinski definition) is 14. The number of hydrogen-bond donors (Lipinski definition) is 10. The van der Waals surface area contributed by atoms with E-state index in [9.17, 15) is 28.8 Å². The molecule has 0 saturated carbocycles. The largest absolute Gasteiger partial charge is 2.00 e. The van der Waals surface area contributed by atoms with E-state index in [2.05, 4.69) is 13.2 Å². The third kappa shape index (κ3) is 42.3. The molecular formula is C38H70MgO18. The van der Waals surface area contributed by atoms with Gasteiger partial charge < -0.3 is 63.4 Å². The van der Waals surface area contributed by atoms with Crippen LogP contribution in [-0.2, 0) is 38.2 Å². The predicted molar refractivity (Wildman–Crippen MR) is 211 cm³/mol. The molecule has 0 atom stereocenters. The Balaban J connectivity index is -0.000000120. The van der Waals surface area contributed by atoms with Crippen LogP contribution < -0.4 is 0 Å². The number of carboxylic acid groups (broad SMARTS) is 4. The van der Waals surface area contributed by atoms with Gasteiger partial charge in [0.2, 0.25) is 0 Å². The molecule has 0 rings (SSSR count). The van der Waals surface area contributed by atoms with Crippen molar-refractivity contribution in [3.05, 3.63) is 24.3 Å². The van der Waals surface area contributed by atoms with E-state index in [-0.39, 0.29) is 75.9 Å². The Bertz CT molecular complexity index is 989. The second kappa shape index (κ2) is 41.0. The zero-order valence-corrected chi connectivity index (χ0v) is 35.2. The molecule has 0 aromatic carbocycles. The number of aliphatic hydroxyl groups excluding tert-OH is 6. The van der Waals surface area contributed by atoms with E-state index in [1.807, 2.05) is 0 Å². The summed E-state index contributed by atoms with van der Waals surface area (Å²) in [5.74, 6) is -4.17. The molecule has 0 aliphatic carbocycles. The van der Waals surface area contributed by atoms with Gasteiger partial charge in [-0.25, -0.2) is 9.59 Å². The quantitative estimate of drug-likeness (QED) is 0.0215. The van der Waals surface area contributed by atoms with Gasteiger partial charge in [-0.1, -0.05) is 64.5 Å². The van der Waals surface area contributed by atoms with Crippen molar-refractivity contribution in [3.8, 4) is 0 Å². The maximum atomic E-state index is 11.0.